The zero-order valence-electron chi connectivity index (χ0n) is 20.3. The first-order valence-corrected chi connectivity index (χ1v) is 12.8. The summed E-state index contributed by atoms with van der Waals surface area (Å²) in [4.78, 5) is 6.74. The van der Waals surface area contributed by atoms with Crippen molar-refractivity contribution in [1.29, 1.82) is 0 Å². The van der Waals surface area contributed by atoms with Gasteiger partial charge in [0.05, 0.1) is 11.2 Å². The van der Waals surface area contributed by atoms with E-state index in [1.165, 1.54) is 46.7 Å². The Morgan fingerprint density at radius 2 is 1.97 bits per heavy atom. The third-order valence-electron chi connectivity index (χ3n) is 9.03. The van der Waals surface area contributed by atoms with Gasteiger partial charge in [-0.3, -0.25) is 4.98 Å². The first kappa shape index (κ1) is 21.3. The Morgan fingerprint density at radius 3 is 2.85 bits per heavy atom. The Bertz CT molecular complexity index is 1170. The first-order chi connectivity index (χ1) is 16.0. The summed E-state index contributed by atoms with van der Waals surface area (Å²) in [5, 5.41) is 2.48. The molecule has 172 valence electrons. The van der Waals surface area contributed by atoms with Crippen LogP contribution in [0.2, 0.25) is 0 Å². The molecule has 1 unspecified atom stereocenters. The SMILES string of the molecule is C[C@H]1C/C=C(/c2ccc3ccncc3c2)CC/C=C2/C=C3CCC(N(C)C)C[C@]34CC[C@@]21O4. The molecule has 3 heterocycles. The number of nitrogens with zero attached hydrogens (tertiary/aromatic N) is 2. The Labute approximate surface area is 198 Å². The van der Waals surface area contributed by atoms with Gasteiger partial charge in [-0.25, -0.2) is 0 Å². The second-order valence-corrected chi connectivity index (χ2v) is 11.0. The smallest absolute Gasteiger partial charge is 0.0969 e. The number of allylic oxidation sites excluding steroid dienone is 3. The predicted molar refractivity (Wildman–Crippen MR) is 136 cm³/mol. The van der Waals surface area contributed by atoms with Crippen LogP contribution in [-0.2, 0) is 4.74 Å². The number of ether oxygens (including phenoxy) is 1. The fourth-order valence-corrected chi connectivity index (χ4v) is 6.93. The van der Waals surface area contributed by atoms with Crippen LogP contribution in [0.25, 0.3) is 16.3 Å². The molecule has 2 aromatic rings. The molecular formula is C30H36N2O. The summed E-state index contributed by atoms with van der Waals surface area (Å²) in [5.74, 6) is 0.468. The molecule has 0 N–H and O–H groups in total. The minimum Gasteiger partial charge on any atom is -0.359 e. The highest BCUT2D eigenvalue weighted by molar-refractivity contribution is 5.85. The maximum absolute atomic E-state index is 7.26. The summed E-state index contributed by atoms with van der Waals surface area (Å²) in [7, 11) is 4.46. The van der Waals surface area contributed by atoms with Gasteiger partial charge in [-0.2, -0.15) is 0 Å². The molecule has 2 bridgehead atoms. The molecule has 2 fully saturated rings. The van der Waals surface area contributed by atoms with E-state index in [9.17, 15) is 0 Å². The van der Waals surface area contributed by atoms with Crippen molar-refractivity contribution in [2.75, 3.05) is 14.1 Å². The van der Waals surface area contributed by atoms with Gasteiger partial charge in [-0.15, -0.1) is 0 Å². The number of fused-ring (bicyclic) bond motifs is 1. The molecule has 4 atom stereocenters. The van der Waals surface area contributed by atoms with Crippen molar-refractivity contribution in [3.8, 4) is 0 Å². The molecular weight excluding hydrogens is 404 g/mol. The highest BCUT2D eigenvalue weighted by Crippen LogP contribution is 2.59. The quantitative estimate of drug-likeness (QED) is 0.519. The molecule has 0 amide bonds. The third-order valence-corrected chi connectivity index (χ3v) is 9.03. The summed E-state index contributed by atoms with van der Waals surface area (Å²) in [5.41, 5.74) is 5.71. The van der Waals surface area contributed by atoms with Gasteiger partial charge in [-0.1, -0.05) is 37.3 Å². The Hall–Kier alpha value is -2.23. The van der Waals surface area contributed by atoms with Crippen LogP contribution in [0, 0.1) is 5.92 Å². The van der Waals surface area contributed by atoms with Crippen LogP contribution in [0.3, 0.4) is 0 Å². The van der Waals surface area contributed by atoms with Crippen molar-refractivity contribution in [2.24, 2.45) is 5.92 Å². The average Bonchev–Trinajstić information content (AvgIpc) is 3.18. The fourth-order valence-electron chi connectivity index (χ4n) is 6.93. The van der Waals surface area contributed by atoms with Gasteiger partial charge in [0.15, 0.2) is 0 Å². The van der Waals surface area contributed by atoms with E-state index in [-0.39, 0.29) is 11.2 Å². The molecule has 4 aliphatic rings. The molecule has 1 saturated carbocycles. The molecule has 1 aromatic carbocycles. The van der Waals surface area contributed by atoms with E-state index in [2.05, 4.69) is 73.4 Å². The molecule has 33 heavy (non-hydrogen) atoms. The van der Waals surface area contributed by atoms with Crippen LogP contribution in [0.15, 0.2) is 66.0 Å². The van der Waals surface area contributed by atoms with Crippen LogP contribution in [-0.4, -0.2) is 41.2 Å². The van der Waals surface area contributed by atoms with Crippen LogP contribution in [0.4, 0.5) is 0 Å². The largest absolute Gasteiger partial charge is 0.359 e. The molecule has 1 saturated heterocycles. The van der Waals surface area contributed by atoms with Crippen LogP contribution >= 0.6 is 0 Å². The third kappa shape index (κ3) is 3.43. The zero-order chi connectivity index (χ0) is 22.6. The number of hydrogen-bond acceptors (Lipinski definition) is 3. The van der Waals surface area contributed by atoms with Gasteiger partial charge in [0.25, 0.3) is 0 Å². The molecule has 3 nitrogen and oxygen atoms in total. The monoisotopic (exact) mass is 440 g/mol. The second-order valence-electron chi connectivity index (χ2n) is 11.0. The van der Waals surface area contributed by atoms with Gasteiger partial charge >= 0.3 is 0 Å². The topological polar surface area (TPSA) is 25.4 Å². The van der Waals surface area contributed by atoms with E-state index in [1.807, 2.05) is 12.4 Å². The molecule has 3 heteroatoms. The summed E-state index contributed by atoms with van der Waals surface area (Å²) in [6.07, 6.45) is 20.6. The maximum atomic E-state index is 7.26. The van der Waals surface area contributed by atoms with Crippen LogP contribution < -0.4 is 0 Å². The number of hydrogen-bond donors (Lipinski definition) is 0. The van der Waals surface area contributed by atoms with Crippen molar-refractivity contribution >= 4 is 16.3 Å². The zero-order valence-corrected chi connectivity index (χ0v) is 20.3. The lowest BCUT2D eigenvalue weighted by atomic mass is 9.74. The molecule has 2 spiro atoms. The van der Waals surface area contributed by atoms with E-state index in [0.717, 1.165) is 32.1 Å². The van der Waals surface area contributed by atoms with Crippen LogP contribution in [0.5, 0.6) is 0 Å². The van der Waals surface area contributed by atoms with E-state index < -0.39 is 0 Å². The van der Waals surface area contributed by atoms with E-state index >= 15 is 0 Å². The number of rotatable bonds is 2. The second kappa shape index (κ2) is 7.92. The van der Waals surface area contributed by atoms with Gasteiger partial charge < -0.3 is 9.64 Å². The molecule has 2 aliphatic carbocycles. The van der Waals surface area contributed by atoms with E-state index in [4.69, 9.17) is 4.74 Å². The lowest BCUT2D eigenvalue weighted by Gasteiger charge is -2.49. The number of aromatic nitrogens is 1. The average molecular weight is 441 g/mol. The predicted octanol–water partition coefficient (Wildman–Crippen LogP) is 6.71. The van der Waals surface area contributed by atoms with Gasteiger partial charge in [0.2, 0.25) is 0 Å². The normalized spacial score (nSPS) is 37.0. The van der Waals surface area contributed by atoms with Gasteiger partial charge in [-0.05, 0) is 111 Å². The molecule has 2 aliphatic heterocycles. The Balaban J connectivity index is 1.33. The van der Waals surface area contributed by atoms with E-state index in [0.29, 0.717) is 12.0 Å². The highest BCUT2D eigenvalue weighted by atomic mass is 16.5. The van der Waals surface area contributed by atoms with Crippen molar-refractivity contribution in [2.45, 2.75) is 75.5 Å². The summed E-state index contributed by atoms with van der Waals surface area (Å²) < 4.78 is 7.26. The van der Waals surface area contributed by atoms with Crippen LogP contribution in [0.1, 0.15) is 63.9 Å². The standard InChI is InChI=1S/C30H36N2O/c1-21-7-8-22(24-10-9-23-13-16-31-20-25(23)17-24)5-4-6-27-18-26-11-12-28(32(2)3)19-29(26)14-15-30(21,27)33-29/h6,8-10,13,16-18,20-21,28H,4-5,7,11-12,14-15,19H2,1-3H3/b22-8+,27-6-/t21-,28?,29+,30-/m0/s1. The molecule has 6 rings (SSSR count). The molecule has 0 radical (unpaired) electrons. The minimum absolute atomic E-state index is 0.0231. The van der Waals surface area contributed by atoms with Crippen molar-refractivity contribution in [3.63, 3.8) is 0 Å². The number of pyridine rings is 1. The van der Waals surface area contributed by atoms with Gasteiger partial charge in [0, 0.05) is 23.8 Å². The molecule has 1 aromatic heterocycles. The lowest BCUT2D eigenvalue weighted by Crippen LogP contribution is -2.50. The van der Waals surface area contributed by atoms with Gasteiger partial charge in [0.1, 0.15) is 0 Å². The highest BCUT2D eigenvalue weighted by Gasteiger charge is 2.58. The van der Waals surface area contributed by atoms with Crippen molar-refractivity contribution in [3.05, 3.63) is 71.6 Å². The number of benzene rings is 1. The lowest BCUT2D eigenvalue weighted by molar-refractivity contribution is -0.113. The summed E-state index contributed by atoms with van der Waals surface area (Å²) >= 11 is 0. The fraction of sp³-hybridized carbons (Fsp3) is 0.500. The maximum Gasteiger partial charge on any atom is 0.0969 e. The Morgan fingerprint density at radius 1 is 1.06 bits per heavy atom. The van der Waals surface area contributed by atoms with Crippen molar-refractivity contribution in [1.82, 2.24) is 9.88 Å². The van der Waals surface area contributed by atoms with E-state index in [1.54, 1.807) is 5.57 Å². The first-order valence-electron chi connectivity index (χ1n) is 12.8. The Kier molecular flexibility index (Phi) is 5.12. The summed E-state index contributed by atoms with van der Waals surface area (Å²) in [6.45, 7) is 2.42. The van der Waals surface area contributed by atoms with Crippen molar-refractivity contribution < 1.29 is 4.74 Å². The minimum atomic E-state index is -0.114. The summed E-state index contributed by atoms with van der Waals surface area (Å²) in [6, 6.07) is 9.56.